The Morgan fingerprint density at radius 3 is 2.57 bits per heavy atom. The number of hydrogen-bond donors (Lipinski definition) is 1. The summed E-state index contributed by atoms with van der Waals surface area (Å²) in [6.07, 6.45) is -2.00. The lowest BCUT2D eigenvalue weighted by Crippen LogP contribution is -2.36. The molecule has 2 nitrogen and oxygen atoms in total. The Morgan fingerprint density at radius 1 is 1.29 bits per heavy atom. The van der Waals surface area contributed by atoms with E-state index in [1.165, 1.54) is 18.9 Å². The van der Waals surface area contributed by atoms with Crippen molar-refractivity contribution in [2.75, 3.05) is 31.5 Å². The van der Waals surface area contributed by atoms with Gasteiger partial charge < -0.3 is 10.2 Å². The van der Waals surface area contributed by atoms with Crippen LogP contribution < -0.4 is 5.32 Å². The molecule has 1 saturated heterocycles. The van der Waals surface area contributed by atoms with Crippen LogP contribution in [-0.2, 0) is 6.18 Å². The molecule has 6 heteroatoms. The molecule has 118 valence electrons. The zero-order chi connectivity index (χ0) is 15.5. The quantitative estimate of drug-likeness (QED) is 0.838. The van der Waals surface area contributed by atoms with Crippen molar-refractivity contribution >= 4 is 21.6 Å². The maximum atomic E-state index is 13.0. The fraction of sp³-hybridized carbons (Fsp3) is 0.600. The van der Waals surface area contributed by atoms with Gasteiger partial charge in [-0.2, -0.15) is 13.2 Å². The fourth-order valence-electron chi connectivity index (χ4n) is 2.54. The van der Waals surface area contributed by atoms with Crippen molar-refractivity contribution in [3.8, 4) is 0 Å². The van der Waals surface area contributed by atoms with Crippen molar-refractivity contribution in [1.82, 2.24) is 4.90 Å². The highest BCUT2D eigenvalue weighted by Gasteiger charge is 2.33. The summed E-state index contributed by atoms with van der Waals surface area (Å²) >= 11 is 3.09. The molecule has 1 aliphatic rings. The molecule has 0 aromatic heterocycles. The zero-order valence-corrected chi connectivity index (χ0v) is 13.6. The second-order valence-corrected chi connectivity index (χ2v) is 6.55. The Bertz CT molecular complexity index is 468. The van der Waals surface area contributed by atoms with Crippen LogP contribution in [0.15, 0.2) is 22.7 Å². The molecule has 0 saturated carbocycles. The minimum Gasteiger partial charge on any atom is -0.383 e. The summed E-state index contributed by atoms with van der Waals surface area (Å²) in [6.45, 7) is 5.62. The average Bonchev–Trinajstić information content (AvgIpc) is 2.41. The Morgan fingerprint density at radius 2 is 1.95 bits per heavy atom. The average molecular weight is 365 g/mol. The standard InChI is InChI=1S/C15H20BrF3N2/c1-11-4-7-21(8-5-11)9-6-20-14-3-2-12(16)10-13(14)15(17,18)19/h2-3,10-11,20H,4-9H2,1H3. The number of anilines is 1. The summed E-state index contributed by atoms with van der Waals surface area (Å²) in [5.74, 6) is 0.762. The van der Waals surface area contributed by atoms with Crippen molar-refractivity contribution < 1.29 is 13.2 Å². The van der Waals surface area contributed by atoms with Crippen LogP contribution in [-0.4, -0.2) is 31.1 Å². The maximum absolute atomic E-state index is 13.0. The minimum absolute atomic E-state index is 0.149. The molecular formula is C15H20BrF3N2. The van der Waals surface area contributed by atoms with Crippen LogP contribution in [0.4, 0.5) is 18.9 Å². The molecule has 21 heavy (non-hydrogen) atoms. The topological polar surface area (TPSA) is 15.3 Å². The van der Waals surface area contributed by atoms with Gasteiger partial charge in [-0.3, -0.25) is 0 Å². The summed E-state index contributed by atoms with van der Waals surface area (Å²) in [5, 5.41) is 2.92. The summed E-state index contributed by atoms with van der Waals surface area (Å²) in [6, 6.07) is 4.22. The third-order valence-electron chi connectivity index (χ3n) is 3.91. The smallest absolute Gasteiger partial charge is 0.383 e. The van der Waals surface area contributed by atoms with Gasteiger partial charge in [-0.05, 0) is 50.0 Å². The molecule has 0 bridgehead atoms. The molecule has 0 unspecified atom stereocenters. The Hall–Kier alpha value is -0.750. The van der Waals surface area contributed by atoms with Crippen LogP contribution in [0.1, 0.15) is 25.3 Å². The predicted molar refractivity (Wildman–Crippen MR) is 82.5 cm³/mol. The molecule has 1 aromatic rings. The molecular weight excluding hydrogens is 345 g/mol. The van der Waals surface area contributed by atoms with Gasteiger partial charge >= 0.3 is 6.18 Å². The van der Waals surface area contributed by atoms with Crippen molar-refractivity contribution in [2.24, 2.45) is 5.92 Å². The van der Waals surface area contributed by atoms with Crippen molar-refractivity contribution in [3.63, 3.8) is 0 Å². The highest BCUT2D eigenvalue weighted by molar-refractivity contribution is 9.10. The zero-order valence-electron chi connectivity index (χ0n) is 12.0. The highest BCUT2D eigenvalue weighted by atomic mass is 79.9. The minimum atomic E-state index is -4.34. The molecule has 1 aliphatic heterocycles. The molecule has 0 radical (unpaired) electrons. The first-order chi connectivity index (χ1) is 9.86. The third kappa shape index (κ3) is 4.88. The second kappa shape index (κ2) is 7.01. The van der Waals surface area contributed by atoms with E-state index in [-0.39, 0.29) is 5.69 Å². The van der Waals surface area contributed by atoms with Crippen LogP contribution in [0, 0.1) is 5.92 Å². The lowest BCUT2D eigenvalue weighted by molar-refractivity contribution is -0.137. The van der Waals surface area contributed by atoms with Crippen LogP contribution in [0.25, 0.3) is 0 Å². The number of alkyl halides is 3. The summed E-state index contributed by atoms with van der Waals surface area (Å²) in [4.78, 5) is 2.30. The molecule has 0 aliphatic carbocycles. The number of hydrogen-bond acceptors (Lipinski definition) is 2. The number of rotatable bonds is 4. The highest BCUT2D eigenvalue weighted by Crippen LogP contribution is 2.36. The number of nitrogens with one attached hydrogen (secondary N) is 1. The molecule has 0 atom stereocenters. The van der Waals surface area contributed by atoms with Crippen molar-refractivity contribution in [3.05, 3.63) is 28.2 Å². The molecule has 0 amide bonds. The first kappa shape index (κ1) is 16.6. The lowest BCUT2D eigenvalue weighted by Gasteiger charge is -2.30. The van der Waals surface area contributed by atoms with Crippen molar-refractivity contribution in [2.45, 2.75) is 25.9 Å². The molecule has 1 heterocycles. The van der Waals surface area contributed by atoms with Gasteiger partial charge in [0.05, 0.1) is 5.56 Å². The van der Waals surface area contributed by atoms with Gasteiger partial charge in [0.15, 0.2) is 0 Å². The SMILES string of the molecule is CC1CCN(CCNc2ccc(Br)cc2C(F)(F)F)CC1. The molecule has 2 rings (SSSR count). The van der Waals surface area contributed by atoms with Crippen molar-refractivity contribution in [1.29, 1.82) is 0 Å². The van der Waals surface area contributed by atoms with Gasteiger partial charge in [-0.15, -0.1) is 0 Å². The van der Waals surface area contributed by atoms with Gasteiger partial charge in [0.2, 0.25) is 0 Å². The van der Waals surface area contributed by atoms with Gasteiger partial charge in [0.25, 0.3) is 0 Å². The van der Waals surface area contributed by atoms with E-state index in [1.807, 2.05) is 0 Å². The number of nitrogens with zero attached hydrogens (tertiary/aromatic N) is 1. The number of halogens is 4. The van der Waals surface area contributed by atoms with Crippen LogP contribution in [0.3, 0.4) is 0 Å². The van der Waals surface area contributed by atoms with Gasteiger partial charge in [-0.1, -0.05) is 22.9 Å². The third-order valence-corrected chi connectivity index (χ3v) is 4.40. The molecule has 1 N–H and O–H groups in total. The number of likely N-dealkylation sites (tertiary alicyclic amines) is 1. The second-order valence-electron chi connectivity index (χ2n) is 5.64. The van der Waals surface area contributed by atoms with E-state index in [1.54, 1.807) is 6.07 Å². The Labute approximate surface area is 131 Å². The van der Waals surface area contributed by atoms with E-state index >= 15 is 0 Å². The Balaban J connectivity index is 1.91. The van der Waals surface area contributed by atoms with E-state index in [9.17, 15) is 13.2 Å². The first-order valence-corrected chi connectivity index (χ1v) is 7.98. The monoisotopic (exact) mass is 364 g/mol. The van der Waals surface area contributed by atoms with E-state index in [2.05, 4.69) is 33.1 Å². The van der Waals surface area contributed by atoms with Crippen LogP contribution in [0.2, 0.25) is 0 Å². The fourth-order valence-corrected chi connectivity index (χ4v) is 2.90. The summed E-state index contributed by atoms with van der Waals surface area (Å²) in [7, 11) is 0. The van der Waals surface area contributed by atoms with Gasteiger partial charge in [0, 0.05) is 23.2 Å². The maximum Gasteiger partial charge on any atom is 0.418 e. The molecule has 0 spiro atoms. The first-order valence-electron chi connectivity index (χ1n) is 7.19. The molecule has 1 fully saturated rings. The molecule has 1 aromatic carbocycles. The number of piperidine rings is 1. The normalized spacial score (nSPS) is 18.0. The lowest BCUT2D eigenvalue weighted by atomic mass is 9.99. The van der Waals surface area contributed by atoms with Crippen LogP contribution in [0.5, 0.6) is 0 Å². The summed E-state index contributed by atoms with van der Waals surface area (Å²) < 4.78 is 39.4. The van der Waals surface area contributed by atoms with E-state index in [0.717, 1.165) is 31.6 Å². The van der Waals surface area contributed by atoms with E-state index in [4.69, 9.17) is 0 Å². The van der Waals surface area contributed by atoms with Crippen LogP contribution >= 0.6 is 15.9 Å². The van der Waals surface area contributed by atoms with E-state index in [0.29, 0.717) is 11.0 Å². The van der Waals surface area contributed by atoms with Gasteiger partial charge in [-0.25, -0.2) is 0 Å². The predicted octanol–water partition coefficient (Wildman–Crippen LogP) is 4.61. The summed E-state index contributed by atoms with van der Waals surface area (Å²) in [5.41, 5.74) is -0.472. The van der Waals surface area contributed by atoms with Gasteiger partial charge in [0.1, 0.15) is 0 Å². The number of benzene rings is 1. The largest absolute Gasteiger partial charge is 0.418 e. The van der Waals surface area contributed by atoms with E-state index < -0.39 is 11.7 Å². The Kier molecular flexibility index (Phi) is 5.54.